The second kappa shape index (κ2) is 9.95. The van der Waals surface area contributed by atoms with Crippen molar-refractivity contribution in [2.75, 3.05) is 6.54 Å². The summed E-state index contributed by atoms with van der Waals surface area (Å²) in [5.41, 5.74) is 2.15. The van der Waals surface area contributed by atoms with E-state index in [0.717, 1.165) is 17.7 Å². The maximum atomic E-state index is 13.2. The number of aryl methyl sites for hydroxylation is 1. The summed E-state index contributed by atoms with van der Waals surface area (Å²) in [6.07, 6.45) is 3.22. The molecule has 1 heterocycles. The van der Waals surface area contributed by atoms with Crippen molar-refractivity contribution in [3.63, 3.8) is 0 Å². The molecule has 0 saturated heterocycles. The van der Waals surface area contributed by atoms with Crippen LogP contribution in [-0.4, -0.2) is 38.8 Å². The SMILES string of the molecule is CCC(=O)N(CC(=O)N(Cc1ccccc1)Cc1cccn1C)[C@@H](C)CC. The van der Waals surface area contributed by atoms with Gasteiger partial charge in [-0.05, 0) is 31.0 Å². The number of aromatic nitrogens is 1. The highest BCUT2D eigenvalue weighted by Crippen LogP contribution is 2.13. The Balaban J connectivity index is 2.21. The molecule has 5 heteroatoms. The van der Waals surface area contributed by atoms with Gasteiger partial charge < -0.3 is 14.4 Å². The summed E-state index contributed by atoms with van der Waals surface area (Å²) in [6, 6.07) is 14.0. The minimum Gasteiger partial charge on any atom is -0.353 e. The van der Waals surface area contributed by atoms with Crippen molar-refractivity contribution in [2.24, 2.45) is 7.05 Å². The van der Waals surface area contributed by atoms with Crippen molar-refractivity contribution in [2.45, 2.75) is 52.7 Å². The van der Waals surface area contributed by atoms with E-state index in [9.17, 15) is 9.59 Å². The molecule has 0 radical (unpaired) electrons. The maximum absolute atomic E-state index is 13.2. The predicted molar refractivity (Wildman–Crippen MR) is 108 cm³/mol. The van der Waals surface area contributed by atoms with E-state index in [0.29, 0.717) is 19.5 Å². The Morgan fingerprint density at radius 3 is 2.26 bits per heavy atom. The molecule has 0 aliphatic rings. The Morgan fingerprint density at radius 1 is 1.00 bits per heavy atom. The van der Waals surface area contributed by atoms with Gasteiger partial charge in [-0.1, -0.05) is 44.2 Å². The normalized spacial score (nSPS) is 11.9. The number of rotatable bonds is 9. The van der Waals surface area contributed by atoms with Crippen LogP contribution in [0.1, 0.15) is 44.9 Å². The Morgan fingerprint density at radius 2 is 1.70 bits per heavy atom. The third kappa shape index (κ3) is 5.71. The molecule has 146 valence electrons. The van der Waals surface area contributed by atoms with Gasteiger partial charge in [0, 0.05) is 37.9 Å². The van der Waals surface area contributed by atoms with Crippen LogP contribution in [0.3, 0.4) is 0 Å². The fraction of sp³-hybridized carbons (Fsp3) is 0.455. The third-order valence-corrected chi connectivity index (χ3v) is 5.02. The Hall–Kier alpha value is -2.56. The van der Waals surface area contributed by atoms with E-state index in [4.69, 9.17) is 0 Å². The van der Waals surface area contributed by atoms with Crippen LogP contribution in [0, 0.1) is 0 Å². The lowest BCUT2D eigenvalue weighted by molar-refractivity contribution is -0.142. The molecule has 0 N–H and O–H groups in total. The molecule has 2 rings (SSSR count). The van der Waals surface area contributed by atoms with Crippen LogP contribution < -0.4 is 0 Å². The zero-order valence-electron chi connectivity index (χ0n) is 16.9. The molecule has 2 amide bonds. The number of amides is 2. The molecule has 0 fully saturated rings. The first kappa shape index (κ1) is 20.7. The van der Waals surface area contributed by atoms with E-state index in [1.54, 1.807) is 4.90 Å². The largest absolute Gasteiger partial charge is 0.353 e. The molecule has 0 saturated carbocycles. The fourth-order valence-corrected chi connectivity index (χ4v) is 3.05. The van der Waals surface area contributed by atoms with Gasteiger partial charge in [-0.25, -0.2) is 0 Å². The number of hydrogen-bond donors (Lipinski definition) is 0. The van der Waals surface area contributed by atoms with E-state index in [1.165, 1.54) is 0 Å². The molecule has 0 aliphatic carbocycles. The lowest BCUT2D eigenvalue weighted by Crippen LogP contribution is -2.46. The molecule has 1 aromatic carbocycles. The van der Waals surface area contributed by atoms with Gasteiger partial charge in [-0.3, -0.25) is 9.59 Å². The van der Waals surface area contributed by atoms with Gasteiger partial charge in [0.25, 0.3) is 0 Å². The second-order valence-corrected chi connectivity index (χ2v) is 6.98. The van der Waals surface area contributed by atoms with Crippen molar-refractivity contribution in [3.8, 4) is 0 Å². The topological polar surface area (TPSA) is 45.6 Å². The van der Waals surface area contributed by atoms with Gasteiger partial charge in [-0.15, -0.1) is 0 Å². The lowest BCUT2D eigenvalue weighted by Gasteiger charge is -2.31. The summed E-state index contributed by atoms with van der Waals surface area (Å²) in [5, 5.41) is 0. The Bertz CT molecular complexity index is 739. The monoisotopic (exact) mass is 369 g/mol. The standard InChI is InChI=1S/C22H31N3O2/c1-5-18(3)25(21(26)6-2)17-22(27)24(15-19-11-8-7-9-12-19)16-20-13-10-14-23(20)4/h7-14,18H,5-6,15-17H2,1-4H3/t18-/m0/s1. The summed E-state index contributed by atoms with van der Waals surface area (Å²) < 4.78 is 2.02. The van der Waals surface area contributed by atoms with Gasteiger partial charge in [0.15, 0.2) is 0 Å². The summed E-state index contributed by atoms with van der Waals surface area (Å²) in [4.78, 5) is 29.1. The van der Waals surface area contributed by atoms with Crippen LogP contribution in [0.25, 0.3) is 0 Å². The van der Waals surface area contributed by atoms with Crippen molar-refractivity contribution in [1.82, 2.24) is 14.4 Å². The Kier molecular flexibility index (Phi) is 7.65. The first-order valence-electron chi connectivity index (χ1n) is 9.67. The number of carbonyl (C=O) groups excluding carboxylic acids is 2. The minimum atomic E-state index is -0.0258. The third-order valence-electron chi connectivity index (χ3n) is 5.02. The van der Waals surface area contributed by atoms with Crippen LogP contribution in [-0.2, 0) is 29.7 Å². The average Bonchev–Trinajstić information content (AvgIpc) is 3.09. The van der Waals surface area contributed by atoms with E-state index in [1.807, 2.05) is 85.9 Å². The summed E-state index contributed by atoms with van der Waals surface area (Å²) in [5.74, 6) is -0.00150. The minimum absolute atomic E-state index is 0.0243. The van der Waals surface area contributed by atoms with Crippen LogP contribution in [0.4, 0.5) is 0 Å². The summed E-state index contributed by atoms with van der Waals surface area (Å²) in [7, 11) is 1.98. The molecule has 0 aliphatic heterocycles. The number of hydrogen-bond acceptors (Lipinski definition) is 2. The first-order valence-corrected chi connectivity index (χ1v) is 9.67. The fourth-order valence-electron chi connectivity index (χ4n) is 3.05. The van der Waals surface area contributed by atoms with E-state index >= 15 is 0 Å². The molecule has 1 aromatic heterocycles. The first-order chi connectivity index (χ1) is 13.0. The smallest absolute Gasteiger partial charge is 0.242 e. The highest BCUT2D eigenvalue weighted by atomic mass is 16.2. The summed E-state index contributed by atoms with van der Waals surface area (Å²) >= 11 is 0. The molecular weight excluding hydrogens is 338 g/mol. The molecule has 5 nitrogen and oxygen atoms in total. The Labute approximate surface area is 162 Å². The molecule has 0 unspecified atom stereocenters. The van der Waals surface area contributed by atoms with E-state index in [-0.39, 0.29) is 24.4 Å². The van der Waals surface area contributed by atoms with Crippen LogP contribution in [0.15, 0.2) is 48.7 Å². The quantitative estimate of drug-likeness (QED) is 0.678. The molecule has 2 aromatic rings. The highest BCUT2D eigenvalue weighted by molar-refractivity contribution is 5.85. The summed E-state index contributed by atoms with van der Waals surface area (Å²) in [6.45, 7) is 7.05. The van der Waals surface area contributed by atoms with Crippen molar-refractivity contribution in [3.05, 3.63) is 59.9 Å². The van der Waals surface area contributed by atoms with Gasteiger partial charge >= 0.3 is 0 Å². The van der Waals surface area contributed by atoms with Crippen molar-refractivity contribution in [1.29, 1.82) is 0 Å². The molecule has 0 spiro atoms. The van der Waals surface area contributed by atoms with Gasteiger partial charge in [0.2, 0.25) is 11.8 Å². The molecule has 27 heavy (non-hydrogen) atoms. The zero-order valence-corrected chi connectivity index (χ0v) is 16.9. The predicted octanol–water partition coefficient (Wildman–Crippen LogP) is 3.59. The van der Waals surface area contributed by atoms with Crippen LogP contribution in [0.5, 0.6) is 0 Å². The molecular formula is C22H31N3O2. The van der Waals surface area contributed by atoms with Crippen molar-refractivity contribution >= 4 is 11.8 Å². The average molecular weight is 370 g/mol. The van der Waals surface area contributed by atoms with Crippen LogP contribution >= 0.6 is 0 Å². The molecule has 1 atom stereocenters. The zero-order chi connectivity index (χ0) is 19.8. The van der Waals surface area contributed by atoms with Crippen LogP contribution in [0.2, 0.25) is 0 Å². The van der Waals surface area contributed by atoms with E-state index in [2.05, 4.69) is 0 Å². The van der Waals surface area contributed by atoms with Crippen molar-refractivity contribution < 1.29 is 9.59 Å². The van der Waals surface area contributed by atoms with Gasteiger partial charge in [0.1, 0.15) is 6.54 Å². The molecule has 0 bridgehead atoms. The number of benzene rings is 1. The maximum Gasteiger partial charge on any atom is 0.242 e. The number of carbonyl (C=O) groups is 2. The number of nitrogens with zero attached hydrogens (tertiary/aromatic N) is 3. The second-order valence-electron chi connectivity index (χ2n) is 6.98. The van der Waals surface area contributed by atoms with Gasteiger partial charge in [0.05, 0.1) is 6.54 Å². The highest BCUT2D eigenvalue weighted by Gasteiger charge is 2.24. The van der Waals surface area contributed by atoms with Gasteiger partial charge in [-0.2, -0.15) is 0 Å². The lowest BCUT2D eigenvalue weighted by atomic mass is 10.2. The van der Waals surface area contributed by atoms with E-state index < -0.39 is 0 Å².